The van der Waals surface area contributed by atoms with Gasteiger partial charge in [0.2, 0.25) is 0 Å². The van der Waals surface area contributed by atoms with Crippen LogP contribution in [0.2, 0.25) is 0 Å². The molecule has 1 aromatic heterocycles. The summed E-state index contributed by atoms with van der Waals surface area (Å²) in [4.78, 5) is 8.73. The summed E-state index contributed by atoms with van der Waals surface area (Å²) in [5.74, 6) is 0.991. The fourth-order valence-electron chi connectivity index (χ4n) is 1.79. The molecule has 106 valence electrons. The van der Waals surface area contributed by atoms with E-state index in [9.17, 15) is 0 Å². The van der Waals surface area contributed by atoms with Crippen molar-refractivity contribution >= 4 is 11.7 Å². The number of aromatic nitrogens is 1. The Kier molecular flexibility index (Phi) is 6.08. The van der Waals surface area contributed by atoms with Crippen molar-refractivity contribution in [2.75, 3.05) is 38.6 Å². The first-order valence-electron chi connectivity index (χ1n) is 6.42. The fraction of sp³-hybridized carbons (Fsp3) is 0.538. The van der Waals surface area contributed by atoms with Gasteiger partial charge in [-0.15, -0.1) is 0 Å². The summed E-state index contributed by atoms with van der Waals surface area (Å²) in [6, 6.07) is 3.71. The monoisotopic (exact) mass is 265 g/mol. The Morgan fingerprint density at radius 2 is 2.11 bits per heavy atom. The van der Waals surface area contributed by atoms with Crippen LogP contribution in [0.15, 0.2) is 23.5 Å². The Bertz CT molecular complexity index is 402. The lowest BCUT2D eigenvalue weighted by molar-refractivity contribution is 0.318. The number of hydrogen-bond acceptors (Lipinski definition) is 5. The van der Waals surface area contributed by atoms with E-state index in [4.69, 9.17) is 10.9 Å². The third-order valence-corrected chi connectivity index (χ3v) is 2.89. The van der Waals surface area contributed by atoms with E-state index >= 15 is 0 Å². The van der Waals surface area contributed by atoms with Crippen molar-refractivity contribution in [3.05, 3.63) is 23.9 Å². The summed E-state index contributed by atoms with van der Waals surface area (Å²) in [5, 5.41) is 11.6. The van der Waals surface area contributed by atoms with Gasteiger partial charge in [-0.05, 0) is 46.1 Å². The highest BCUT2D eigenvalue weighted by atomic mass is 16.4. The van der Waals surface area contributed by atoms with E-state index < -0.39 is 0 Å². The van der Waals surface area contributed by atoms with Gasteiger partial charge in [0.05, 0.1) is 0 Å². The molecule has 0 aliphatic carbocycles. The number of rotatable bonds is 7. The largest absolute Gasteiger partial charge is 0.409 e. The number of hydrogen-bond donors (Lipinski definition) is 2. The van der Waals surface area contributed by atoms with Gasteiger partial charge in [0.25, 0.3) is 0 Å². The number of nitrogens with zero attached hydrogens (tertiary/aromatic N) is 4. The van der Waals surface area contributed by atoms with Crippen LogP contribution >= 0.6 is 0 Å². The molecule has 0 bridgehead atoms. The van der Waals surface area contributed by atoms with Gasteiger partial charge in [-0.3, -0.25) is 0 Å². The van der Waals surface area contributed by atoms with Crippen LogP contribution in [0.5, 0.6) is 0 Å². The summed E-state index contributed by atoms with van der Waals surface area (Å²) in [6.45, 7) is 5.03. The molecular formula is C13H23N5O. The van der Waals surface area contributed by atoms with E-state index in [-0.39, 0.29) is 5.84 Å². The molecule has 0 atom stereocenters. The van der Waals surface area contributed by atoms with E-state index in [1.165, 1.54) is 0 Å². The minimum Gasteiger partial charge on any atom is -0.409 e. The van der Waals surface area contributed by atoms with E-state index in [0.29, 0.717) is 5.56 Å². The third-order valence-electron chi connectivity index (χ3n) is 2.89. The minimum absolute atomic E-state index is 0.0784. The zero-order chi connectivity index (χ0) is 14.3. The van der Waals surface area contributed by atoms with Gasteiger partial charge in [0, 0.05) is 24.8 Å². The van der Waals surface area contributed by atoms with Crippen molar-refractivity contribution in [2.24, 2.45) is 10.9 Å². The Hall–Kier alpha value is -1.82. The molecule has 19 heavy (non-hydrogen) atoms. The number of nitrogens with two attached hydrogens (primary N) is 1. The zero-order valence-electron chi connectivity index (χ0n) is 11.9. The molecule has 1 rings (SSSR count). The van der Waals surface area contributed by atoms with E-state index in [1.807, 2.05) is 12.1 Å². The predicted molar refractivity (Wildman–Crippen MR) is 77.8 cm³/mol. The molecule has 0 aliphatic rings. The second kappa shape index (κ2) is 7.58. The number of oxime groups is 1. The lowest BCUT2D eigenvalue weighted by Gasteiger charge is -2.22. The minimum atomic E-state index is 0.0784. The van der Waals surface area contributed by atoms with E-state index in [1.54, 1.807) is 6.20 Å². The van der Waals surface area contributed by atoms with Crippen molar-refractivity contribution < 1.29 is 5.21 Å². The first kappa shape index (κ1) is 15.2. The maximum Gasteiger partial charge on any atom is 0.171 e. The molecule has 0 aliphatic heterocycles. The average Bonchev–Trinajstić information content (AvgIpc) is 2.43. The van der Waals surface area contributed by atoms with Crippen molar-refractivity contribution in [1.29, 1.82) is 0 Å². The molecule has 1 heterocycles. The highest BCUT2D eigenvalue weighted by Gasteiger charge is 2.07. The summed E-state index contributed by atoms with van der Waals surface area (Å²) >= 11 is 0. The van der Waals surface area contributed by atoms with Crippen LogP contribution in [0, 0.1) is 0 Å². The van der Waals surface area contributed by atoms with Crippen LogP contribution in [-0.4, -0.2) is 54.7 Å². The first-order valence-corrected chi connectivity index (χ1v) is 6.42. The quantitative estimate of drug-likeness (QED) is 0.332. The molecule has 6 heteroatoms. The van der Waals surface area contributed by atoms with Gasteiger partial charge in [-0.1, -0.05) is 5.16 Å². The molecule has 0 fully saturated rings. The van der Waals surface area contributed by atoms with Crippen LogP contribution in [0.1, 0.15) is 18.9 Å². The SMILES string of the molecule is CCN(CCCN(C)C)c1ccc(/C(N)=N/O)cn1. The Labute approximate surface area is 114 Å². The summed E-state index contributed by atoms with van der Waals surface area (Å²) in [7, 11) is 4.14. The van der Waals surface area contributed by atoms with Crippen molar-refractivity contribution in [1.82, 2.24) is 9.88 Å². The van der Waals surface area contributed by atoms with Crippen LogP contribution in [0.4, 0.5) is 5.82 Å². The van der Waals surface area contributed by atoms with Crippen LogP contribution in [0.3, 0.4) is 0 Å². The van der Waals surface area contributed by atoms with Gasteiger partial charge < -0.3 is 20.7 Å². The summed E-state index contributed by atoms with van der Waals surface area (Å²) in [6.07, 6.45) is 2.71. The second-order valence-corrected chi connectivity index (χ2v) is 4.63. The molecule has 0 unspecified atom stereocenters. The van der Waals surface area contributed by atoms with Gasteiger partial charge in [-0.25, -0.2) is 4.98 Å². The van der Waals surface area contributed by atoms with E-state index in [2.05, 4.69) is 41.0 Å². The molecular weight excluding hydrogens is 242 g/mol. The Morgan fingerprint density at radius 1 is 1.37 bits per heavy atom. The van der Waals surface area contributed by atoms with Crippen LogP contribution in [0.25, 0.3) is 0 Å². The topological polar surface area (TPSA) is 78.0 Å². The Morgan fingerprint density at radius 3 is 2.58 bits per heavy atom. The van der Waals surface area contributed by atoms with Gasteiger partial charge in [0.1, 0.15) is 5.82 Å². The van der Waals surface area contributed by atoms with Crippen LogP contribution < -0.4 is 10.6 Å². The van der Waals surface area contributed by atoms with Gasteiger partial charge in [-0.2, -0.15) is 0 Å². The molecule has 0 spiro atoms. The highest BCUT2D eigenvalue weighted by Crippen LogP contribution is 2.11. The normalized spacial score (nSPS) is 11.9. The third kappa shape index (κ3) is 4.75. The van der Waals surface area contributed by atoms with Crippen molar-refractivity contribution in [3.63, 3.8) is 0 Å². The van der Waals surface area contributed by atoms with Crippen molar-refractivity contribution in [2.45, 2.75) is 13.3 Å². The molecule has 0 aromatic carbocycles. The first-order chi connectivity index (χ1) is 9.08. The molecule has 3 N–H and O–H groups in total. The van der Waals surface area contributed by atoms with E-state index in [0.717, 1.165) is 31.9 Å². The second-order valence-electron chi connectivity index (χ2n) is 4.63. The number of pyridine rings is 1. The van der Waals surface area contributed by atoms with Crippen LogP contribution in [-0.2, 0) is 0 Å². The average molecular weight is 265 g/mol. The molecule has 1 aromatic rings. The standard InChI is InChI=1S/C13H23N5O/c1-4-18(9-5-8-17(2)3)12-7-6-11(10-15-12)13(14)16-19/h6-7,10,19H,4-5,8-9H2,1-3H3,(H2,14,16). The molecule has 0 radical (unpaired) electrons. The van der Waals surface area contributed by atoms with Gasteiger partial charge in [0.15, 0.2) is 5.84 Å². The maximum absolute atomic E-state index is 8.60. The molecule has 6 nitrogen and oxygen atoms in total. The molecule has 0 saturated carbocycles. The Balaban J connectivity index is 2.66. The number of amidine groups is 1. The lowest BCUT2D eigenvalue weighted by Crippen LogP contribution is -2.27. The van der Waals surface area contributed by atoms with Gasteiger partial charge >= 0.3 is 0 Å². The highest BCUT2D eigenvalue weighted by molar-refractivity contribution is 5.96. The number of anilines is 1. The molecule has 0 saturated heterocycles. The smallest absolute Gasteiger partial charge is 0.171 e. The lowest BCUT2D eigenvalue weighted by atomic mass is 10.2. The summed E-state index contributed by atoms with van der Waals surface area (Å²) in [5.41, 5.74) is 6.13. The maximum atomic E-state index is 8.60. The summed E-state index contributed by atoms with van der Waals surface area (Å²) < 4.78 is 0. The predicted octanol–water partition coefficient (Wildman–Crippen LogP) is 0.954. The molecule has 0 amide bonds. The fourth-order valence-corrected chi connectivity index (χ4v) is 1.79. The van der Waals surface area contributed by atoms with Crippen molar-refractivity contribution in [3.8, 4) is 0 Å². The zero-order valence-corrected chi connectivity index (χ0v) is 11.9.